The lowest BCUT2D eigenvalue weighted by Crippen LogP contribution is -2.40. The third-order valence-corrected chi connectivity index (χ3v) is 6.25. The third-order valence-electron chi connectivity index (χ3n) is 5.25. The molecule has 28 heavy (non-hydrogen) atoms. The standard InChI is InChI=1S/C23H29FN2OS/c1-18-6-8-19(9-7-18)16-26-13-10-20(11-14-26)23(27)25-12-15-28-17-21-4-2-3-5-22(21)24/h2-9,20H,10-17H2,1H3,(H,25,27). The van der Waals surface area contributed by atoms with Crippen LogP contribution >= 0.6 is 11.8 Å². The Morgan fingerprint density at radius 2 is 1.86 bits per heavy atom. The van der Waals surface area contributed by atoms with E-state index in [0.717, 1.165) is 43.8 Å². The number of aryl methyl sites for hydroxylation is 1. The summed E-state index contributed by atoms with van der Waals surface area (Å²) < 4.78 is 13.6. The Hall–Kier alpha value is -1.85. The maximum absolute atomic E-state index is 13.6. The van der Waals surface area contributed by atoms with Crippen molar-refractivity contribution in [3.8, 4) is 0 Å². The number of rotatable bonds is 8. The highest BCUT2D eigenvalue weighted by Gasteiger charge is 2.24. The monoisotopic (exact) mass is 400 g/mol. The molecular weight excluding hydrogens is 371 g/mol. The second-order valence-electron chi connectivity index (χ2n) is 7.47. The smallest absolute Gasteiger partial charge is 0.223 e. The first-order valence-corrected chi connectivity index (χ1v) is 11.1. The van der Waals surface area contributed by atoms with Crippen molar-refractivity contribution in [2.24, 2.45) is 5.92 Å². The topological polar surface area (TPSA) is 32.3 Å². The normalized spacial score (nSPS) is 15.5. The van der Waals surface area contributed by atoms with Gasteiger partial charge < -0.3 is 5.32 Å². The molecule has 1 N–H and O–H groups in total. The van der Waals surface area contributed by atoms with Gasteiger partial charge in [-0.1, -0.05) is 48.0 Å². The molecule has 0 unspecified atom stereocenters. The Morgan fingerprint density at radius 3 is 2.57 bits per heavy atom. The molecule has 2 aromatic carbocycles. The van der Waals surface area contributed by atoms with Crippen LogP contribution in [0, 0.1) is 18.7 Å². The first-order valence-electron chi connectivity index (χ1n) is 9.98. The van der Waals surface area contributed by atoms with Crippen LogP contribution in [0.3, 0.4) is 0 Å². The summed E-state index contributed by atoms with van der Waals surface area (Å²) in [5, 5.41) is 3.05. The highest BCUT2D eigenvalue weighted by Crippen LogP contribution is 2.20. The molecule has 1 aliphatic heterocycles. The number of carbonyl (C=O) groups is 1. The Labute approximate surface area is 171 Å². The quantitative estimate of drug-likeness (QED) is 0.667. The Balaban J connectivity index is 1.30. The molecule has 0 radical (unpaired) electrons. The van der Waals surface area contributed by atoms with Gasteiger partial charge in [0.05, 0.1) is 0 Å². The predicted octanol–water partition coefficient (Wildman–Crippen LogP) is 4.40. The van der Waals surface area contributed by atoms with Gasteiger partial charge in [0.2, 0.25) is 5.91 Å². The van der Waals surface area contributed by atoms with E-state index in [9.17, 15) is 9.18 Å². The fourth-order valence-corrected chi connectivity index (χ4v) is 4.34. The van der Waals surface area contributed by atoms with Gasteiger partial charge >= 0.3 is 0 Å². The van der Waals surface area contributed by atoms with Crippen LogP contribution < -0.4 is 5.32 Å². The van der Waals surface area contributed by atoms with Crippen LogP contribution in [0.2, 0.25) is 0 Å². The minimum absolute atomic E-state index is 0.117. The lowest BCUT2D eigenvalue weighted by Gasteiger charge is -2.31. The molecule has 1 saturated heterocycles. The summed E-state index contributed by atoms with van der Waals surface area (Å²) in [4.78, 5) is 14.8. The summed E-state index contributed by atoms with van der Waals surface area (Å²) >= 11 is 1.65. The van der Waals surface area contributed by atoms with Gasteiger partial charge in [0.1, 0.15) is 5.82 Å². The van der Waals surface area contributed by atoms with Crippen molar-refractivity contribution in [3.63, 3.8) is 0 Å². The number of hydrogen-bond donors (Lipinski definition) is 1. The molecule has 3 rings (SSSR count). The number of thioether (sulfide) groups is 1. The summed E-state index contributed by atoms with van der Waals surface area (Å²) in [5.74, 6) is 1.57. The minimum Gasteiger partial charge on any atom is -0.355 e. The fraction of sp³-hybridized carbons (Fsp3) is 0.435. The second kappa shape index (κ2) is 10.6. The van der Waals surface area contributed by atoms with E-state index in [-0.39, 0.29) is 17.6 Å². The van der Waals surface area contributed by atoms with Crippen LogP contribution in [0.15, 0.2) is 48.5 Å². The molecule has 3 nitrogen and oxygen atoms in total. The molecule has 1 amide bonds. The Bertz CT molecular complexity index is 757. The van der Waals surface area contributed by atoms with E-state index in [2.05, 4.69) is 41.4 Å². The molecule has 0 aromatic heterocycles. The van der Waals surface area contributed by atoms with Gasteiger partial charge in [-0.05, 0) is 50.0 Å². The van der Waals surface area contributed by atoms with Crippen molar-refractivity contribution in [2.75, 3.05) is 25.4 Å². The molecule has 0 atom stereocenters. The summed E-state index contributed by atoms with van der Waals surface area (Å²) in [6.45, 7) is 5.64. The molecular formula is C23H29FN2OS. The average molecular weight is 401 g/mol. The summed E-state index contributed by atoms with van der Waals surface area (Å²) in [5.41, 5.74) is 3.34. The van der Waals surface area contributed by atoms with Crippen molar-refractivity contribution >= 4 is 17.7 Å². The number of carbonyl (C=O) groups excluding carboxylic acids is 1. The molecule has 0 aliphatic carbocycles. The number of benzene rings is 2. The molecule has 2 aromatic rings. The van der Waals surface area contributed by atoms with Crippen LogP contribution in [0.25, 0.3) is 0 Å². The molecule has 1 fully saturated rings. The Morgan fingerprint density at radius 1 is 1.14 bits per heavy atom. The summed E-state index contributed by atoms with van der Waals surface area (Å²) in [7, 11) is 0. The van der Waals surface area contributed by atoms with Crippen molar-refractivity contribution in [2.45, 2.75) is 32.1 Å². The maximum atomic E-state index is 13.6. The maximum Gasteiger partial charge on any atom is 0.223 e. The molecule has 0 saturated carbocycles. The van der Waals surface area contributed by atoms with Crippen LogP contribution in [0.5, 0.6) is 0 Å². The van der Waals surface area contributed by atoms with Crippen LogP contribution in [-0.4, -0.2) is 36.2 Å². The predicted molar refractivity (Wildman–Crippen MR) is 115 cm³/mol. The van der Waals surface area contributed by atoms with Crippen LogP contribution in [0.4, 0.5) is 4.39 Å². The van der Waals surface area contributed by atoms with E-state index in [0.29, 0.717) is 12.3 Å². The van der Waals surface area contributed by atoms with Gasteiger partial charge in [-0.25, -0.2) is 4.39 Å². The number of nitrogens with one attached hydrogen (secondary N) is 1. The SMILES string of the molecule is Cc1ccc(CN2CCC(C(=O)NCCSCc3ccccc3F)CC2)cc1. The lowest BCUT2D eigenvalue weighted by molar-refractivity contribution is -0.126. The summed E-state index contributed by atoms with van der Waals surface area (Å²) in [6, 6.07) is 15.5. The van der Waals surface area contributed by atoms with Crippen molar-refractivity contribution in [1.29, 1.82) is 0 Å². The van der Waals surface area contributed by atoms with Crippen LogP contribution in [0.1, 0.15) is 29.5 Å². The van der Waals surface area contributed by atoms with Gasteiger partial charge in [-0.3, -0.25) is 9.69 Å². The summed E-state index contributed by atoms with van der Waals surface area (Å²) in [6.07, 6.45) is 1.83. The molecule has 1 aliphatic rings. The highest BCUT2D eigenvalue weighted by molar-refractivity contribution is 7.98. The number of amides is 1. The number of hydrogen-bond acceptors (Lipinski definition) is 3. The number of nitrogens with zero attached hydrogens (tertiary/aromatic N) is 1. The van der Waals surface area contributed by atoms with Gasteiger partial charge in [0.15, 0.2) is 0 Å². The van der Waals surface area contributed by atoms with E-state index in [1.165, 1.54) is 17.2 Å². The van der Waals surface area contributed by atoms with Gasteiger partial charge in [0, 0.05) is 30.5 Å². The molecule has 0 bridgehead atoms. The van der Waals surface area contributed by atoms with E-state index >= 15 is 0 Å². The zero-order chi connectivity index (χ0) is 19.8. The first kappa shape index (κ1) is 20.9. The van der Waals surface area contributed by atoms with Gasteiger partial charge in [-0.2, -0.15) is 11.8 Å². The van der Waals surface area contributed by atoms with Crippen molar-refractivity contribution in [1.82, 2.24) is 10.2 Å². The van der Waals surface area contributed by atoms with Crippen LogP contribution in [-0.2, 0) is 17.1 Å². The highest BCUT2D eigenvalue weighted by atomic mass is 32.2. The van der Waals surface area contributed by atoms with Crippen molar-refractivity contribution < 1.29 is 9.18 Å². The first-order chi connectivity index (χ1) is 13.6. The lowest BCUT2D eigenvalue weighted by atomic mass is 9.95. The van der Waals surface area contributed by atoms with Gasteiger partial charge in [0.25, 0.3) is 0 Å². The minimum atomic E-state index is -0.156. The van der Waals surface area contributed by atoms with E-state index < -0.39 is 0 Å². The van der Waals surface area contributed by atoms with E-state index in [1.54, 1.807) is 17.8 Å². The molecule has 0 spiro atoms. The van der Waals surface area contributed by atoms with E-state index in [1.807, 2.05) is 12.1 Å². The molecule has 1 heterocycles. The molecule has 150 valence electrons. The number of likely N-dealkylation sites (tertiary alicyclic amines) is 1. The zero-order valence-corrected chi connectivity index (χ0v) is 17.3. The Kier molecular flexibility index (Phi) is 7.92. The second-order valence-corrected chi connectivity index (χ2v) is 8.58. The van der Waals surface area contributed by atoms with E-state index in [4.69, 9.17) is 0 Å². The van der Waals surface area contributed by atoms with Crippen molar-refractivity contribution in [3.05, 3.63) is 71.0 Å². The third kappa shape index (κ3) is 6.35. The number of halogens is 1. The zero-order valence-electron chi connectivity index (χ0n) is 16.5. The largest absolute Gasteiger partial charge is 0.355 e. The fourth-order valence-electron chi connectivity index (χ4n) is 3.49. The number of piperidine rings is 1. The average Bonchev–Trinajstić information content (AvgIpc) is 2.71. The van der Waals surface area contributed by atoms with Gasteiger partial charge in [-0.15, -0.1) is 0 Å². The molecule has 5 heteroatoms.